The van der Waals surface area contributed by atoms with Gasteiger partial charge in [0.2, 0.25) is 5.88 Å². The standard InChI is InChI=1S/C21H14N4O5/c26-21(19-11-15-3-1-2-4-18(15)30-19)24-23-12-14-5-8-17(9-6-14)29-20-10-7-16(13-22-20)25(27)28/h1-13H,(H,24,26). The number of para-hydroxylation sites is 1. The Labute approximate surface area is 169 Å². The van der Waals surface area contributed by atoms with Gasteiger partial charge in [0.1, 0.15) is 17.5 Å². The predicted octanol–water partition coefficient (Wildman–Crippen LogP) is 4.29. The summed E-state index contributed by atoms with van der Waals surface area (Å²) in [5.74, 6) is 0.458. The van der Waals surface area contributed by atoms with Crippen LogP contribution < -0.4 is 10.2 Å². The number of nitrogens with zero attached hydrogens (tertiary/aromatic N) is 3. The number of ether oxygens (including phenoxy) is 1. The molecule has 9 nitrogen and oxygen atoms in total. The van der Waals surface area contributed by atoms with E-state index in [2.05, 4.69) is 15.5 Å². The number of hydrazone groups is 1. The highest BCUT2D eigenvalue weighted by molar-refractivity contribution is 5.96. The second kappa shape index (κ2) is 8.23. The molecule has 0 fully saturated rings. The van der Waals surface area contributed by atoms with Crippen LogP contribution in [0.3, 0.4) is 0 Å². The van der Waals surface area contributed by atoms with Crippen LogP contribution in [-0.2, 0) is 0 Å². The number of carbonyl (C=O) groups is 1. The van der Waals surface area contributed by atoms with Gasteiger partial charge in [0.25, 0.3) is 5.69 Å². The van der Waals surface area contributed by atoms with Gasteiger partial charge in [-0.05, 0) is 42.0 Å². The zero-order valence-electron chi connectivity index (χ0n) is 15.4. The lowest BCUT2D eigenvalue weighted by atomic mass is 10.2. The highest BCUT2D eigenvalue weighted by Crippen LogP contribution is 2.21. The van der Waals surface area contributed by atoms with Crippen molar-refractivity contribution in [3.63, 3.8) is 0 Å². The summed E-state index contributed by atoms with van der Waals surface area (Å²) in [5.41, 5.74) is 3.66. The summed E-state index contributed by atoms with van der Waals surface area (Å²) < 4.78 is 11.0. The SMILES string of the molecule is O=C(NN=Cc1ccc(Oc2ccc([N+](=O)[O-])cn2)cc1)c1cc2ccccc2o1. The molecule has 148 valence electrons. The van der Waals surface area contributed by atoms with E-state index < -0.39 is 10.8 Å². The molecule has 0 spiro atoms. The first-order chi connectivity index (χ1) is 14.6. The second-order valence-electron chi connectivity index (χ2n) is 6.13. The van der Waals surface area contributed by atoms with Gasteiger partial charge in [-0.3, -0.25) is 14.9 Å². The second-order valence-corrected chi connectivity index (χ2v) is 6.13. The van der Waals surface area contributed by atoms with Crippen molar-refractivity contribution in [1.29, 1.82) is 0 Å². The monoisotopic (exact) mass is 402 g/mol. The highest BCUT2D eigenvalue weighted by Gasteiger charge is 2.11. The molecule has 4 rings (SSSR count). The van der Waals surface area contributed by atoms with Gasteiger partial charge in [-0.25, -0.2) is 10.4 Å². The number of fused-ring (bicyclic) bond motifs is 1. The number of rotatable bonds is 6. The number of pyridine rings is 1. The molecular formula is C21H14N4O5. The van der Waals surface area contributed by atoms with Crippen LogP contribution in [-0.4, -0.2) is 22.0 Å². The molecule has 0 aliphatic heterocycles. The molecule has 30 heavy (non-hydrogen) atoms. The maximum Gasteiger partial charge on any atom is 0.307 e. The average Bonchev–Trinajstić information content (AvgIpc) is 3.20. The summed E-state index contributed by atoms with van der Waals surface area (Å²) in [4.78, 5) is 26.1. The van der Waals surface area contributed by atoms with E-state index in [-0.39, 0.29) is 17.3 Å². The fourth-order valence-corrected chi connectivity index (χ4v) is 2.60. The average molecular weight is 402 g/mol. The van der Waals surface area contributed by atoms with Gasteiger partial charge in [-0.1, -0.05) is 18.2 Å². The molecule has 0 radical (unpaired) electrons. The molecule has 0 bridgehead atoms. The van der Waals surface area contributed by atoms with Crippen molar-refractivity contribution in [2.75, 3.05) is 0 Å². The van der Waals surface area contributed by atoms with Gasteiger partial charge in [-0.2, -0.15) is 5.10 Å². The van der Waals surface area contributed by atoms with Crippen molar-refractivity contribution in [2.45, 2.75) is 0 Å². The zero-order valence-corrected chi connectivity index (χ0v) is 15.4. The van der Waals surface area contributed by atoms with Crippen LogP contribution in [0.5, 0.6) is 11.6 Å². The van der Waals surface area contributed by atoms with Crippen LogP contribution in [0.2, 0.25) is 0 Å². The number of benzene rings is 2. The minimum absolute atomic E-state index is 0.112. The summed E-state index contributed by atoms with van der Waals surface area (Å²) in [7, 11) is 0. The Morgan fingerprint density at radius 2 is 1.93 bits per heavy atom. The van der Waals surface area contributed by atoms with E-state index in [0.29, 0.717) is 11.3 Å². The Balaban J connectivity index is 1.35. The molecule has 2 aromatic carbocycles. The van der Waals surface area contributed by atoms with Gasteiger partial charge < -0.3 is 9.15 Å². The minimum Gasteiger partial charge on any atom is -0.451 e. The summed E-state index contributed by atoms with van der Waals surface area (Å²) in [6.07, 6.45) is 2.61. The fourth-order valence-electron chi connectivity index (χ4n) is 2.60. The van der Waals surface area contributed by atoms with Crippen LogP contribution in [0.4, 0.5) is 5.69 Å². The zero-order chi connectivity index (χ0) is 20.9. The molecular weight excluding hydrogens is 388 g/mol. The van der Waals surface area contributed by atoms with Crippen molar-refractivity contribution < 1.29 is 18.9 Å². The van der Waals surface area contributed by atoms with Crippen LogP contribution in [0, 0.1) is 10.1 Å². The minimum atomic E-state index is -0.530. The summed E-state index contributed by atoms with van der Waals surface area (Å²) in [6.45, 7) is 0. The third kappa shape index (κ3) is 4.30. The molecule has 0 saturated carbocycles. The topological polar surface area (TPSA) is 120 Å². The first kappa shape index (κ1) is 18.8. The lowest BCUT2D eigenvalue weighted by Crippen LogP contribution is -2.16. The molecule has 0 aliphatic rings. The van der Waals surface area contributed by atoms with Gasteiger partial charge in [-0.15, -0.1) is 0 Å². The molecule has 1 N–H and O–H groups in total. The van der Waals surface area contributed by atoms with E-state index in [9.17, 15) is 14.9 Å². The molecule has 9 heteroatoms. The molecule has 0 aliphatic carbocycles. The van der Waals surface area contributed by atoms with E-state index in [1.54, 1.807) is 36.4 Å². The highest BCUT2D eigenvalue weighted by atomic mass is 16.6. The number of nitrogens with one attached hydrogen (secondary N) is 1. The van der Waals surface area contributed by atoms with E-state index in [4.69, 9.17) is 9.15 Å². The molecule has 0 atom stereocenters. The van der Waals surface area contributed by atoms with E-state index in [1.165, 1.54) is 18.3 Å². The lowest BCUT2D eigenvalue weighted by molar-refractivity contribution is -0.385. The van der Waals surface area contributed by atoms with Gasteiger partial charge in [0, 0.05) is 17.5 Å². The smallest absolute Gasteiger partial charge is 0.307 e. The van der Waals surface area contributed by atoms with E-state index in [0.717, 1.165) is 17.1 Å². The largest absolute Gasteiger partial charge is 0.451 e. The summed E-state index contributed by atoms with van der Waals surface area (Å²) in [5, 5.41) is 15.4. The molecule has 2 aromatic heterocycles. The van der Waals surface area contributed by atoms with Gasteiger partial charge in [0.05, 0.1) is 11.1 Å². The normalized spacial score (nSPS) is 10.9. The van der Waals surface area contributed by atoms with Crippen LogP contribution in [0.25, 0.3) is 11.0 Å². The molecule has 0 unspecified atom stereocenters. The maximum absolute atomic E-state index is 12.1. The number of furan rings is 1. The Morgan fingerprint density at radius 1 is 1.13 bits per heavy atom. The number of amides is 1. The Kier molecular flexibility index (Phi) is 5.16. The summed E-state index contributed by atoms with van der Waals surface area (Å²) >= 11 is 0. The van der Waals surface area contributed by atoms with Crippen molar-refractivity contribution in [3.8, 4) is 11.6 Å². The molecule has 0 saturated heterocycles. The maximum atomic E-state index is 12.1. The predicted molar refractivity (Wildman–Crippen MR) is 109 cm³/mol. The molecule has 4 aromatic rings. The number of nitro groups is 1. The van der Waals surface area contributed by atoms with Crippen LogP contribution in [0.1, 0.15) is 16.1 Å². The van der Waals surface area contributed by atoms with Crippen molar-refractivity contribution in [3.05, 3.63) is 94.4 Å². The lowest BCUT2D eigenvalue weighted by Gasteiger charge is -2.04. The first-order valence-corrected chi connectivity index (χ1v) is 8.79. The number of aromatic nitrogens is 1. The molecule has 1 amide bonds. The number of hydrogen-bond acceptors (Lipinski definition) is 7. The van der Waals surface area contributed by atoms with Crippen molar-refractivity contribution in [1.82, 2.24) is 10.4 Å². The third-order valence-electron chi connectivity index (χ3n) is 4.06. The number of hydrogen-bond donors (Lipinski definition) is 1. The fraction of sp³-hybridized carbons (Fsp3) is 0. The van der Waals surface area contributed by atoms with Gasteiger partial charge >= 0.3 is 5.91 Å². The van der Waals surface area contributed by atoms with E-state index in [1.807, 2.05) is 18.2 Å². The number of carbonyl (C=O) groups excluding carboxylic acids is 1. The van der Waals surface area contributed by atoms with Crippen molar-refractivity contribution in [2.24, 2.45) is 5.10 Å². The Hall–Kier alpha value is -4.53. The quantitative estimate of drug-likeness (QED) is 0.292. The van der Waals surface area contributed by atoms with Crippen molar-refractivity contribution >= 4 is 28.8 Å². The Morgan fingerprint density at radius 3 is 2.63 bits per heavy atom. The molecule has 2 heterocycles. The van der Waals surface area contributed by atoms with Crippen LogP contribution in [0.15, 0.2) is 82.4 Å². The first-order valence-electron chi connectivity index (χ1n) is 8.79. The van der Waals surface area contributed by atoms with E-state index >= 15 is 0 Å². The Bertz CT molecular complexity index is 1200. The van der Waals surface area contributed by atoms with Gasteiger partial charge in [0.15, 0.2) is 5.76 Å². The third-order valence-corrected chi connectivity index (χ3v) is 4.06. The summed E-state index contributed by atoms with van der Waals surface area (Å²) in [6, 6.07) is 18.6. The van der Waals surface area contributed by atoms with Crippen LogP contribution >= 0.6 is 0 Å².